The van der Waals surface area contributed by atoms with Gasteiger partial charge in [-0.25, -0.2) is 13.1 Å². The van der Waals surface area contributed by atoms with Crippen molar-refractivity contribution in [3.63, 3.8) is 0 Å². The largest absolute Gasteiger partial charge is 0.385 e. The van der Waals surface area contributed by atoms with Gasteiger partial charge < -0.3 is 5.32 Å². The second-order valence-corrected chi connectivity index (χ2v) is 8.93. The van der Waals surface area contributed by atoms with Crippen molar-refractivity contribution >= 4 is 26.5 Å². The lowest BCUT2D eigenvalue weighted by molar-refractivity contribution is 0.521. The van der Waals surface area contributed by atoms with Gasteiger partial charge in [-0.3, -0.25) is 4.21 Å². The van der Waals surface area contributed by atoms with E-state index in [-0.39, 0.29) is 6.04 Å². The second kappa shape index (κ2) is 6.06. The fourth-order valence-corrected chi connectivity index (χ4v) is 5.82. The average molecular weight is 328 g/mol. The normalized spacial score (nSPS) is 25.9. The van der Waals surface area contributed by atoms with Crippen LogP contribution in [0.4, 0.5) is 5.69 Å². The molecule has 0 aromatic heterocycles. The van der Waals surface area contributed by atoms with Crippen LogP contribution in [0.5, 0.6) is 0 Å². The molecule has 2 heterocycles. The molecule has 2 aliphatic heterocycles. The van der Waals surface area contributed by atoms with E-state index in [0.717, 1.165) is 30.6 Å². The second-order valence-electron chi connectivity index (χ2n) is 5.56. The van der Waals surface area contributed by atoms with Gasteiger partial charge in [-0.05, 0) is 43.4 Å². The third-order valence-corrected chi connectivity index (χ3v) is 7.04. The summed E-state index contributed by atoms with van der Waals surface area (Å²) in [4.78, 5) is 0.388. The molecule has 0 bridgehead atoms. The highest BCUT2D eigenvalue weighted by atomic mass is 32.2. The van der Waals surface area contributed by atoms with Crippen molar-refractivity contribution in [3.05, 3.63) is 23.8 Å². The Labute approximate surface area is 128 Å². The Morgan fingerprint density at radius 1 is 1.24 bits per heavy atom. The van der Waals surface area contributed by atoms with Gasteiger partial charge in [-0.2, -0.15) is 0 Å². The lowest BCUT2D eigenvalue weighted by Gasteiger charge is -2.25. The summed E-state index contributed by atoms with van der Waals surface area (Å²) >= 11 is 0. The topological polar surface area (TPSA) is 75.3 Å². The maximum atomic E-state index is 12.6. The molecule has 2 aliphatic rings. The fourth-order valence-electron chi connectivity index (χ4n) is 2.92. The van der Waals surface area contributed by atoms with Crippen molar-refractivity contribution in [2.24, 2.45) is 0 Å². The molecule has 116 valence electrons. The van der Waals surface area contributed by atoms with E-state index in [2.05, 4.69) is 10.0 Å². The van der Waals surface area contributed by atoms with Crippen LogP contribution in [0.15, 0.2) is 23.1 Å². The number of hydrogen-bond acceptors (Lipinski definition) is 4. The number of benzene rings is 1. The van der Waals surface area contributed by atoms with Gasteiger partial charge in [0.05, 0.1) is 4.90 Å². The van der Waals surface area contributed by atoms with Crippen LogP contribution in [0.25, 0.3) is 0 Å². The van der Waals surface area contributed by atoms with E-state index in [4.69, 9.17) is 0 Å². The molecular formula is C14H20N2O3S2. The first kappa shape index (κ1) is 15.0. The van der Waals surface area contributed by atoms with E-state index in [1.54, 1.807) is 12.1 Å². The first-order valence-corrected chi connectivity index (χ1v) is 10.3. The first-order valence-electron chi connectivity index (χ1n) is 7.29. The van der Waals surface area contributed by atoms with E-state index >= 15 is 0 Å². The van der Waals surface area contributed by atoms with Gasteiger partial charge >= 0.3 is 0 Å². The van der Waals surface area contributed by atoms with Crippen molar-refractivity contribution in [1.82, 2.24) is 4.72 Å². The van der Waals surface area contributed by atoms with E-state index in [1.165, 1.54) is 0 Å². The zero-order valence-corrected chi connectivity index (χ0v) is 13.4. The summed E-state index contributed by atoms with van der Waals surface area (Å²) in [7, 11) is -4.29. The number of hydrogen-bond donors (Lipinski definition) is 2. The van der Waals surface area contributed by atoms with Gasteiger partial charge in [0.15, 0.2) is 0 Å². The Kier molecular flexibility index (Phi) is 4.33. The number of nitrogens with one attached hydrogen (secondary N) is 2. The molecule has 1 fully saturated rings. The Morgan fingerprint density at radius 3 is 2.76 bits per heavy atom. The van der Waals surface area contributed by atoms with Gasteiger partial charge in [-0.15, -0.1) is 0 Å². The summed E-state index contributed by atoms with van der Waals surface area (Å²) in [5.41, 5.74) is 1.81. The van der Waals surface area contributed by atoms with Gasteiger partial charge in [0.25, 0.3) is 0 Å². The minimum absolute atomic E-state index is 0.0971. The standard InChI is InChI=1S/C14H20N2O3S2/c17-20-9-6-11(7-10-20)16-21(18,19)14-5-1-4-13-12(14)3-2-8-15-13/h1,4-5,11,15-16H,2-3,6-10H2. The van der Waals surface area contributed by atoms with Crippen LogP contribution in [-0.4, -0.2) is 36.7 Å². The quantitative estimate of drug-likeness (QED) is 0.875. The molecule has 2 N–H and O–H groups in total. The third kappa shape index (κ3) is 3.30. The van der Waals surface area contributed by atoms with E-state index in [9.17, 15) is 12.6 Å². The van der Waals surface area contributed by atoms with Crippen molar-refractivity contribution in [3.8, 4) is 0 Å². The minimum Gasteiger partial charge on any atom is -0.385 e. The Hall–Kier alpha value is -0.920. The smallest absolute Gasteiger partial charge is 0.241 e. The monoisotopic (exact) mass is 328 g/mol. The summed E-state index contributed by atoms with van der Waals surface area (Å²) < 4.78 is 39.4. The molecule has 0 aliphatic carbocycles. The van der Waals surface area contributed by atoms with Crippen LogP contribution in [-0.2, 0) is 27.2 Å². The lowest BCUT2D eigenvalue weighted by Crippen LogP contribution is -2.40. The average Bonchev–Trinajstić information content (AvgIpc) is 2.49. The van der Waals surface area contributed by atoms with Crippen molar-refractivity contribution in [2.75, 3.05) is 23.4 Å². The molecule has 0 saturated carbocycles. The molecule has 0 spiro atoms. The molecule has 5 nitrogen and oxygen atoms in total. The summed E-state index contributed by atoms with van der Waals surface area (Å²) in [5.74, 6) is 1.17. The summed E-state index contributed by atoms with van der Waals surface area (Å²) in [6.45, 7) is 0.887. The maximum absolute atomic E-state index is 12.6. The Bertz CT molecular complexity index is 648. The highest BCUT2D eigenvalue weighted by molar-refractivity contribution is 7.89. The van der Waals surface area contributed by atoms with Crippen molar-refractivity contribution in [1.29, 1.82) is 0 Å². The highest BCUT2D eigenvalue weighted by Crippen LogP contribution is 2.28. The fraction of sp³-hybridized carbons (Fsp3) is 0.571. The van der Waals surface area contributed by atoms with Crippen molar-refractivity contribution in [2.45, 2.75) is 36.6 Å². The van der Waals surface area contributed by atoms with E-state index < -0.39 is 20.8 Å². The third-order valence-electron chi connectivity index (χ3n) is 4.05. The molecule has 0 radical (unpaired) electrons. The Morgan fingerprint density at radius 2 is 2.00 bits per heavy atom. The number of anilines is 1. The molecule has 0 atom stereocenters. The molecule has 7 heteroatoms. The molecule has 21 heavy (non-hydrogen) atoms. The molecule has 3 rings (SSSR count). The van der Waals surface area contributed by atoms with E-state index in [1.807, 2.05) is 6.07 Å². The van der Waals surface area contributed by atoms with Crippen LogP contribution < -0.4 is 10.0 Å². The molecule has 1 saturated heterocycles. The molecular weight excluding hydrogens is 308 g/mol. The zero-order chi connectivity index (χ0) is 14.9. The Balaban J connectivity index is 1.83. The molecule has 1 aromatic carbocycles. The van der Waals surface area contributed by atoms with Crippen LogP contribution in [0.2, 0.25) is 0 Å². The van der Waals surface area contributed by atoms with Gasteiger partial charge in [0.2, 0.25) is 10.0 Å². The molecule has 1 aromatic rings. The number of sulfonamides is 1. The lowest BCUT2D eigenvalue weighted by atomic mass is 10.0. The zero-order valence-electron chi connectivity index (χ0n) is 11.8. The molecule has 0 amide bonds. The SMILES string of the molecule is O=S1CCC(NS(=O)(=O)c2cccc3c2CCCN3)CC1. The summed E-state index contributed by atoms with van der Waals surface area (Å²) in [5, 5.41) is 3.25. The van der Waals surface area contributed by atoms with Crippen LogP contribution >= 0.6 is 0 Å². The van der Waals surface area contributed by atoms with Crippen LogP contribution in [0.1, 0.15) is 24.8 Å². The molecule has 0 unspecified atom stereocenters. The summed E-state index contributed by atoms with van der Waals surface area (Å²) in [6.07, 6.45) is 3.04. The predicted octanol–water partition coefficient (Wildman–Crippen LogP) is 1.23. The van der Waals surface area contributed by atoms with Crippen LogP contribution in [0.3, 0.4) is 0 Å². The first-order chi connectivity index (χ1) is 10.1. The maximum Gasteiger partial charge on any atom is 0.241 e. The number of fused-ring (bicyclic) bond motifs is 1. The summed E-state index contributed by atoms with van der Waals surface area (Å²) in [6, 6.07) is 5.29. The van der Waals surface area contributed by atoms with Gasteiger partial charge in [0, 0.05) is 40.6 Å². The van der Waals surface area contributed by atoms with E-state index in [0.29, 0.717) is 29.2 Å². The minimum atomic E-state index is -3.51. The number of rotatable bonds is 3. The van der Waals surface area contributed by atoms with Gasteiger partial charge in [0.1, 0.15) is 0 Å². The van der Waals surface area contributed by atoms with Crippen LogP contribution in [0, 0.1) is 0 Å². The highest BCUT2D eigenvalue weighted by Gasteiger charge is 2.27. The van der Waals surface area contributed by atoms with Crippen molar-refractivity contribution < 1.29 is 12.6 Å². The van der Waals surface area contributed by atoms with Gasteiger partial charge in [-0.1, -0.05) is 6.07 Å². The predicted molar refractivity (Wildman–Crippen MR) is 84.5 cm³/mol.